The SMILES string of the molecule is O=C(CSc1nncn1C1CC1)Nc1ccc(N2CCCC2)cc1. The maximum atomic E-state index is 12.1. The molecule has 2 aliphatic rings. The topological polar surface area (TPSA) is 63.1 Å². The third-order valence-corrected chi connectivity index (χ3v) is 5.39. The van der Waals surface area contributed by atoms with Gasteiger partial charge in [-0.25, -0.2) is 0 Å². The highest BCUT2D eigenvalue weighted by Crippen LogP contribution is 2.37. The first-order valence-corrected chi connectivity index (χ1v) is 9.45. The summed E-state index contributed by atoms with van der Waals surface area (Å²) in [4.78, 5) is 14.5. The molecule has 0 atom stereocenters. The van der Waals surface area contributed by atoms with Crippen LogP contribution >= 0.6 is 11.8 Å². The number of thioether (sulfide) groups is 1. The van der Waals surface area contributed by atoms with E-state index >= 15 is 0 Å². The van der Waals surface area contributed by atoms with E-state index in [1.54, 1.807) is 6.33 Å². The highest BCUT2D eigenvalue weighted by atomic mass is 32.2. The van der Waals surface area contributed by atoms with Crippen LogP contribution in [0.2, 0.25) is 0 Å². The average Bonchev–Trinajstić information content (AvgIpc) is 3.11. The highest BCUT2D eigenvalue weighted by molar-refractivity contribution is 7.99. The first kappa shape index (κ1) is 15.5. The fourth-order valence-electron chi connectivity index (χ4n) is 3.00. The second kappa shape index (κ2) is 6.84. The number of nitrogens with zero attached hydrogens (tertiary/aromatic N) is 4. The second-order valence-corrected chi connectivity index (χ2v) is 7.27. The minimum atomic E-state index is -0.0146. The number of benzene rings is 1. The number of hydrogen-bond acceptors (Lipinski definition) is 5. The van der Waals surface area contributed by atoms with E-state index in [1.807, 2.05) is 12.1 Å². The Hall–Kier alpha value is -2.02. The molecule has 0 radical (unpaired) electrons. The minimum Gasteiger partial charge on any atom is -0.372 e. The van der Waals surface area contributed by atoms with Crippen molar-refractivity contribution < 1.29 is 4.79 Å². The van der Waals surface area contributed by atoms with Crippen LogP contribution in [0.1, 0.15) is 31.7 Å². The van der Waals surface area contributed by atoms with Crippen LogP contribution in [0.4, 0.5) is 11.4 Å². The smallest absolute Gasteiger partial charge is 0.234 e. The van der Waals surface area contributed by atoms with Crippen molar-refractivity contribution in [3.8, 4) is 0 Å². The van der Waals surface area contributed by atoms with Crippen LogP contribution in [-0.4, -0.2) is 39.5 Å². The third-order valence-electron chi connectivity index (χ3n) is 4.44. The van der Waals surface area contributed by atoms with Gasteiger partial charge in [-0.1, -0.05) is 11.8 Å². The maximum absolute atomic E-state index is 12.1. The molecule has 0 spiro atoms. The summed E-state index contributed by atoms with van der Waals surface area (Å²) in [6.07, 6.45) is 6.65. The monoisotopic (exact) mass is 343 g/mol. The average molecular weight is 343 g/mol. The normalized spacial score (nSPS) is 17.2. The summed E-state index contributed by atoms with van der Waals surface area (Å²) in [5, 5.41) is 11.8. The van der Waals surface area contributed by atoms with Gasteiger partial charge in [0.1, 0.15) is 6.33 Å². The molecular weight excluding hydrogens is 322 g/mol. The molecule has 1 aliphatic heterocycles. The standard InChI is InChI=1S/C17H21N5OS/c23-16(11-24-17-20-18-12-22(17)15-7-8-15)19-13-3-5-14(6-4-13)21-9-1-2-10-21/h3-6,12,15H,1-2,7-11H2,(H,19,23). The Morgan fingerprint density at radius 3 is 2.67 bits per heavy atom. The predicted molar refractivity (Wildman–Crippen MR) is 95.5 cm³/mol. The van der Waals surface area contributed by atoms with Gasteiger partial charge in [0.05, 0.1) is 5.75 Å². The van der Waals surface area contributed by atoms with E-state index in [1.165, 1.54) is 43.1 Å². The lowest BCUT2D eigenvalue weighted by Gasteiger charge is -2.17. The number of carbonyl (C=O) groups excluding carboxylic acids is 1. The number of rotatable bonds is 6. The summed E-state index contributed by atoms with van der Waals surface area (Å²) in [6.45, 7) is 2.26. The van der Waals surface area contributed by atoms with Crippen molar-refractivity contribution in [1.29, 1.82) is 0 Å². The summed E-state index contributed by atoms with van der Waals surface area (Å²) in [7, 11) is 0. The Balaban J connectivity index is 1.30. The van der Waals surface area contributed by atoms with Crippen molar-refractivity contribution in [3.63, 3.8) is 0 Å². The predicted octanol–water partition coefficient (Wildman–Crippen LogP) is 2.94. The van der Waals surface area contributed by atoms with Gasteiger partial charge in [0.25, 0.3) is 0 Å². The molecule has 6 nitrogen and oxygen atoms in total. The van der Waals surface area contributed by atoms with E-state index in [9.17, 15) is 4.79 Å². The van der Waals surface area contributed by atoms with Crippen molar-refractivity contribution >= 4 is 29.0 Å². The zero-order valence-corrected chi connectivity index (χ0v) is 14.3. The Bertz CT molecular complexity index is 704. The summed E-state index contributed by atoms with van der Waals surface area (Å²) in [5.74, 6) is 0.332. The van der Waals surface area contributed by atoms with E-state index in [2.05, 4.69) is 37.1 Å². The van der Waals surface area contributed by atoms with Crippen LogP contribution in [0.5, 0.6) is 0 Å². The van der Waals surface area contributed by atoms with Crippen LogP contribution in [0, 0.1) is 0 Å². The summed E-state index contributed by atoms with van der Waals surface area (Å²) in [5.41, 5.74) is 2.07. The van der Waals surface area contributed by atoms with Crippen molar-refractivity contribution in [2.24, 2.45) is 0 Å². The summed E-state index contributed by atoms with van der Waals surface area (Å²) >= 11 is 1.44. The van der Waals surface area contributed by atoms with Gasteiger partial charge in [0.2, 0.25) is 5.91 Å². The molecule has 7 heteroatoms. The molecule has 24 heavy (non-hydrogen) atoms. The van der Waals surface area contributed by atoms with Crippen molar-refractivity contribution in [3.05, 3.63) is 30.6 Å². The number of aromatic nitrogens is 3. The Morgan fingerprint density at radius 1 is 1.21 bits per heavy atom. The summed E-state index contributed by atoms with van der Waals surface area (Å²) < 4.78 is 2.07. The van der Waals surface area contributed by atoms with Crippen LogP contribution < -0.4 is 10.2 Å². The molecular formula is C17H21N5OS. The first-order valence-electron chi connectivity index (χ1n) is 8.47. The molecule has 2 fully saturated rings. The lowest BCUT2D eigenvalue weighted by atomic mass is 10.2. The van der Waals surface area contributed by atoms with Gasteiger partial charge < -0.3 is 14.8 Å². The minimum absolute atomic E-state index is 0.0146. The van der Waals surface area contributed by atoms with Gasteiger partial charge in [-0.05, 0) is 49.9 Å². The number of anilines is 2. The molecule has 1 saturated carbocycles. The number of carbonyl (C=O) groups is 1. The van der Waals surface area contributed by atoms with Gasteiger partial charge in [-0.2, -0.15) is 0 Å². The largest absolute Gasteiger partial charge is 0.372 e. The van der Waals surface area contributed by atoms with Crippen LogP contribution in [0.3, 0.4) is 0 Å². The van der Waals surface area contributed by atoms with Gasteiger partial charge >= 0.3 is 0 Å². The van der Waals surface area contributed by atoms with E-state index in [0.29, 0.717) is 11.8 Å². The summed E-state index contributed by atoms with van der Waals surface area (Å²) in [6, 6.07) is 8.64. The van der Waals surface area contributed by atoms with Crippen molar-refractivity contribution in [2.45, 2.75) is 36.9 Å². The molecule has 1 aromatic carbocycles. The fourth-order valence-corrected chi connectivity index (χ4v) is 3.78. The molecule has 4 rings (SSSR count). The Kier molecular flexibility index (Phi) is 4.42. The van der Waals surface area contributed by atoms with E-state index in [4.69, 9.17) is 0 Å². The van der Waals surface area contributed by atoms with Crippen LogP contribution in [0.25, 0.3) is 0 Å². The second-order valence-electron chi connectivity index (χ2n) is 6.33. The zero-order valence-electron chi connectivity index (χ0n) is 13.5. The molecule has 2 heterocycles. The molecule has 1 aliphatic carbocycles. The van der Waals surface area contributed by atoms with Crippen LogP contribution in [0.15, 0.2) is 35.7 Å². The first-order chi connectivity index (χ1) is 11.8. The van der Waals surface area contributed by atoms with Gasteiger partial charge in [-0.3, -0.25) is 4.79 Å². The number of nitrogens with one attached hydrogen (secondary N) is 1. The molecule has 0 unspecified atom stereocenters. The lowest BCUT2D eigenvalue weighted by molar-refractivity contribution is -0.113. The van der Waals surface area contributed by atoms with E-state index in [-0.39, 0.29) is 5.91 Å². The van der Waals surface area contributed by atoms with E-state index in [0.717, 1.165) is 23.9 Å². The van der Waals surface area contributed by atoms with Gasteiger partial charge in [-0.15, -0.1) is 10.2 Å². The van der Waals surface area contributed by atoms with Crippen molar-refractivity contribution in [2.75, 3.05) is 29.1 Å². The van der Waals surface area contributed by atoms with E-state index < -0.39 is 0 Å². The van der Waals surface area contributed by atoms with Crippen LogP contribution in [-0.2, 0) is 4.79 Å². The molecule has 2 aromatic rings. The molecule has 0 bridgehead atoms. The molecule has 1 N–H and O–H groups in total. The van der Waals surface area contributed by atoms with Gasteiger partial charge in [0.15, 0.2) is 5.16 Å². The quantitative estimate of drug-likeness (QED) is 0.817. The third kappa shape index (κ3) is 3.56. The number of amides is 1. The lowest BCUT2D eigenvalue weighted by Crippen LogP contribution is -2.18. The zero-order chi connectivity index (χ0) is 16.4. The molecule has 1 aromatic heterocycles. The fraction of sp³-hybridized carbons (Fsp3) is 0.471. The highest BCUT2D eigenvalue weighted by Gasteiger charge is 2.26. The molecule has 1 saturated heterocycles. The number of hydrogen-bond donors (Lipinski definition) is 1. The Labute approximate surface area is 145 Å². The Morgan fingerprint density at radius 2 is 1.96 bits per heavy atom. The maximum Gasteiger partial charge on any atom is 0.234 e. The molecule has 126 valence electrons. The molecule has 1 amide bonds. The van der Waals surface area contributed by atoms with Crippen molar-refractivity contribution in [1.82, 2.24) is 14.8 Å². The van der Waals surface area contributed by atoms with Gasteiger partial charge in [0, 0.05) is 30.5 Å².